The fraction of sp³-hybridized carbons (Fsp3) is 0.600. The van der Waals surface area contributed by atoms with E-state index in [9.17, 15) is 0 Å². The highest BCUT2D eigenvalue weighted by Gasteiger charge is 2.25. The third-order valence-corrected chi connectivity index (χ3v) is 3.77. The molecule has 3 heteroatoms. The van der Waals surface area contributed by atoms with Crippen molar-refractivity contribution in [1.29, 1.82) is 0 Å². The SMILES string of the molecule is CC(N)CC(C)(C)c1sccc1Cl. The lowest BCUT2D eigenvalue weighted by atomic mass is 9.85. The standard InChI is InChI=1S/C10H16ClNS/c1-7(12)6-10(2,3)9-8(11)4-5-13-9/h4-5,7H,6,12H2,1-3H3. The maximum atomic E-state index is 6.08. The van der Waals surface area contributed by atoms with E-state index in [1.54, 1.807) is 11.3 Å². The van der Waals surface area contributed by atoms with E-state index < -0.39 is 0 Å². The van der Waals surface area contributed by atoms with Crippen LogP contribution in [0.2, 0.25) is 5.02 Å². The topological polar surface area (TPSA) is 26.0 Å². The molecule has 1 unspecified atom stereocenters. The summed E-state index contributed by atoms with van der Waals surface area (Å²) in [5.74, 6) is 0. The molecular formula is C10H16ClNS. The Bertz CT molecular complexity index is 278. The Labute approximate surface area is 88.9 Å². The first-order chi connectivity index (χ1) is 5.93. The smallest absolute Gasteiger partial charge is 0.0550 e. The van der Waals surface area contributed by atoms with Gasteiger partial charge in [0.1, 0.15) is 0 Å². The van der Waals surface area contributed by atoms with Gasteiger partial charge in [-0.1, -0.05) is 25.4 Å². The summed E-state index contributed by atoms with van der Waals surface area (Å²) in [5, 5.41) is 2.90. The first kappa shape index (κ1) is 11.0. The second-order valence-corrected chi connectivity index (χ2v) is 5.49. The van der Waals surface area contributed by atoms with Gasteiger partial charge in [0.15, 0.2) is 0 Å². The van der Waals surface area contributed by atoms with E-state index in [2.05, 4.69) is 13.8 Å². The maximum absolute atomic E-state index is 6.08. The van der Waals surface area contributed by atoms with Crippen LogP contribution < -0.4 is 5.73 Å². The van der Waals surface area contributed by atoms with Gasteiger partial charge >= 0.3 is 0 Å². The monoisotopic (exact) mass is 217 g/mol. The number of nitrogens with two attached hydrogens (primary N) is 1. The second-order valence-electron chi connectivity index (χ2n) is 4.16. The predicted molar refractivity (Wildman–Crippen MR) is 60.6 cm³/mol. The van der Waals surface area contributed by atoms with Crippen molar-refractivity contribution < 1.29 is 0 Å². The fourth-order valence-corrected chi connectivity index (χ4v) is 3.12. The Kier molecular flexibility index (Phi) is 3.38. The van der Waals surface area contributed by atoms with Crippen molar-refractivity contribution in [3.05, 3.63) is 21.3 Å². The van der Waals surface area contributed by atoms with Crippen molar-refractivity contribution in [1.82, 2.24) is 0 Å². The fourth-order valence-electron chi connectivity index (χ4n) is 1.67. The summed E-state index contributed by atoms with van der Waals surface area (Å²) in [6.07, 6.45) is 0.966. The molecule has 74 valence electrons. The van der Waals surface area contributed by atoms with E-state index in [4.69, 9.17) is 17.3 Å². The van der Waals surface area contributed by atoms with Crippen LogP contribution in [-0.4, -0.2) is 6.04 Å². The van der Waals surface area contributed by atoms with Crippen molar-refractivity contribution in [2.45, 2.75) is 38.6 Å². The lowest BCUT2D eigenvalue weighted by Crippen LogP contribution is -2.27. The highest BCUT2D eigenvalue weighted by Crippen LogP contribution is 2.37. The number of hydrogen-bond donors (Lipinski definition) is 1. The molecule has 0 aromatic carbocycles. The number of thiophene rings is 1. The number of halogens is 1. The molecule has 0 bridgehead atoms. The van der Waals surface area contributed by atoms with Crippen LogP contribution in [0.3, 0.4) is 0 Å². The molecule has 1 nitrogen and oxygen atoms in total. The second kappa shape index (κ2) is 3.99. The maximum Gasteiger partial charge on any atom is 0.0550 e. The van der Waals surface area contributed by atoms with Gasteiger partial charge in [0.05, 0.1) is 5.02 Å². The molecule has 0 radical (unpaired) electrons. The van der Waals surface area contributed by atoms with E-state index in [0.29, 0.717) is 0 Å². The molecule has 0 spiro atoms. The van der Waals surface area contributed by atoms with Crippen molar-refractivity contribution in [2.75, 3.05) is 0 Å². The molecule has 1 heterocycles. The molecule has 0 saturated carbocycles. The molecule has 0 fully saturated rings. The zero-order chi connectivity index (χ0) is 10.1. The molecule has 0 saturated heterocycles. The van der Waals surface area contributed by atoms with Crippen LogP contribution in [0.4, 0.5) is 0 Å². The van der Waals surface area contributed by atoms with Crippen LogP contribution in [0.15, 0.2) is 11.4 Å². The van der Waals surface area contributed by atoms with E-state index in [0.717, 1.165) is 11.4 Å². The average molecular weight is 218 g/mol. The minimum atomic E-state index is 0.0966. The van der Waals surface area contributed by atoms with Crippen LogP contribution in [0.25, 0.3) is 0 Å². The average Bonchev–Trinajstić information content (AvgIpc) is 2.32. The first-order valence-corrected chi connectivity index (χ1v) is 5.68. The first-order valence-electron chi connectivity index (χ1n) is 4.42. The van der Waals surface area contributed by atoms with Gasteiger partial charge in [0.2, 0.25) is 0 Å². The summed E-state index contributed by atoms with van der Waals surface area (Å²) in [4.78, 5) is 1.24. The highest BCUT2D eigenvalue weighted by atomic mass is 35.5. The van der Waals surface area contributed by atoms with Crippen molar-refractivity contribution >= 4 is 22.9 Å². The summed E-state index contributed by atoms with van der Waals surface area (Å²) in [5.41, 5.74) is 5.89. The quantitative estimate of drug-likeness (QED) is 0.825. The van der Waals surface area contributed by atoms with E-state index in [1.807, 2.05) is 18.4 Å². The minimum absolute atomic E-state index is 0.0966. The molecule has 1 aromatic heterocycles. The van der Waals surface area contributed by atoms with Crippen LogP contribution in [0.5, 0.6) is 0 Å². The molecule has 13 heavy (non-hydrogen) atoms. The van der Waals surface area contributed by atoms with Crippen LogP contribution in [0.1, 0.15) is 32.1 Å². The summed E-state index contributed by atoms with van der Waals surface area (Å²) in [6.45, 7) is 6.41. The molecule has 1 rings (SSSR count). The summed E-state index contributed by atoms with van der Waals surface area (Å²) in [7, 11) is 0. The summed E-state index contributed by atoms with van der Waals surface area (Å²) < 4.78 is 0. The van der Waals surface area contributed by atoms with Gasteiger partial charge < -0.3 is 5.73 Å². The third kappa shape index (κ3) is 2.70. The van der Waals surface area contributed by atoms with Gasteiger partial charge in [-0.2, -0.15) is 0 Å². The van der Waals surface area contributed by atoms with Crippen molar-refractivity contribution in [3.63, 3.8) is 0 Å². The van der Waals surface area contributed by atoms with Gasteiger partial charge in [-0.3, -0.25) is 0 Å². The van der Waals surface area contributed by atoms with Gasteiger partial charge in [-0.15, -0.1) is 11.3 Å². The van der Waals surface area contributed by atoms with E-state index in [-0.39, 0.29) is 11.5 Å². The Morgan fingerprint density at radius 2 is 2.23 bits per heavy atom. The Hall–Kier alpha value is -0.0500. The van der Waals surface area contributed by atoms with Crippen molar-refractivity contribution in [3.8, 4) is 0 Å². The summed E-state index contributed by atoms with van der Waals surface area (Å²) >= 11 is 7.79. The minimum Gasteiger partial charge on any atom is -0.328 e. The third-order valence-electron chi connectivity index (χ3n) is 2.06. The molecule has 1 aromatic rings. The zero-order valence-corrected chi connectivity index (χ0v) is 9.88. The van der Waals surface area contributed by atoms with Crippen LogP contribution >= 0.6 is 22.9 Å². The van der Waals surface area contributed by atoms with E-state index >= 15 is 0 Å². The molecule has 2 N–H and O–H groups in total. The Morgan fingerprint density at radius 3 is 2.62 bits per heavy atom. The normalized spacial score (nSPS) is 14.5. The number of rotatable bonds is 3. The molecule has 0 aliphatic rings. The van der Waals surface area contributed by atoms with Crippen molar-refractivity contribution in [2.24, 2.45) is 5.73 Å². The number of hydrogen-bond acceptors (Lipinski definition) is 2. The molecule has 0 aliphatic carbocycles. The largest absolute Gasteiger partial charge is 0.328 e. The van der Waals surface area contributed by atoms with Crippen LogP contribution in [0, 0.1) is 0 Å². The summed E-state index contributed by atoms with van der Waals surface area (Å²) in [6, 6.07) is 2.16. The van der Waals surface area contributed by atoms with Crippen LogP contribution in [-0.2, 0) is 5.41 Å². The van der Waals surface area contributed by atoms with Gasteiger partial charge in [0, 0.05) is 16.3 Å². The predicted octanol–water partition coefficient (Wildman–Crippen LogP) is 3.42. The molecule has 1 atom stereocenters. The lowest BCUT2D eigenvalue weighted by molar-refractivity contribution is 0.445. The van der Waals surface area contributed by atoms with E-state index in [1.165, 1.54) is 4.88 Å². The Balaban J connectivity index is 2.87. The molecule has 0 amide bonds. The highest BCUT2D eigenvalue weighted by molar-refractivity contribution is 7.10. The molecular weight excluding hydrogens is 202 g/mol. The van der Waals surface area contributed by atoms with Gasteiger partial charge in [0.25, 0.3) is 0 Å². The Morgan fingerprint density at radius 1 is 1.62 bits per heavy atom. The van der Waals surface area contributed by atoms with Gasteiger partial charge in [-0.25, -0.2) is 0 Å². The zero-order valence-electron chi connectivity index (χ0n) is 8.30. The molecule has 0 aliphatic heterocycles. The van der Waals surface area contributed by atoms with Gasteiger partial charge in [-0.05, 0) is 24.8 Å². The lowest BCUT2D eigenvalue weighted by Gasteiger charge is -2.25.